The monoisotopic (exact) mass is 193 g/mol. The molecule has 0 bridgehead atoms. The number of nitrogens with one attached hydrogen (secondary N) is 1. The van der Waals surface area contributed by atoms with Gasteiger partial charge in [-0.2, -0.15) is 5.10 Å². The third-order valence-corrected chi connectivity index (χ3v) is 3.06. The van der Waals surface area contributed by atoms with Gasteiger partial charge in [0.1, 0.15) is 0 Å². The van der Waals surface area contributed by atoms with Gasteiger partial charge in [-0.05, 0) is 18.8 Å². The summed E-state index contributed by atoms with van der Waals surface area (Å²) >= 11 is 0. The van der Waals surface area contributed by atoms with Gasteiger partial charge in [-0.25, -0.2) is 0 Å². The molecule has 3 unspecified atom stereocenters. The van der Waals surface area contributed by atoms with E-state index in [4.69, 9.17) is 0 Å². The van der Waals surface area contributed by atoms with Crippen LogP contribution in [0, 0.1) is 5.92 Å². The number of nitrogens with zero attached hydrogens (tertiary/aromatic N) is 2. The van der Waals surface area contributed by atoms with Crippen LogP contribution in [0.1, 0.15) is 38.3 Å². The van der Waals surface area contributed by atoms with Gasteiger partial charge in [0, 0.05) is 30.9 Å². The molecular formula is C11H19N3. The lowest BCUT2D eigenvalue weighted by Gasteiger charge is -2.14. The first-order valence-electron chi connectivity index (χ1n) is 5.45. The standard InChI is InChI=1S/C11H19N3/c1-4-10(13-11-5-8(11)2)9-6-12-14(3)7-9/h6-8,10-11,13H,4-5H2,1-3H3. The molecule has 78 valence electrons. The van der Waals surface area contributed by atoms with E-state index in [0.29, 0.717) is 6.04 Å². The summed E-state index contributed by atoms with van der Waals surface area (Å²) in [4.78, 5) is 0. The van der Waals surface area contributed by atoms with Crippen LogP contribution in [0.2, 0.25) is 0 Å². The van der Waals surface area contributed by atoms with Crippen molar-refractivity contribution in [1.29, 1.82) is 0 Å². The summed E-state index contributed by atoms with van der Waals surface area (Å²) in [6.07, 6.45) is 6.54. The van der Waals surface area contributed by atoms with Crippen LogP contribution in [0.5, 0.6) is 0 Å². The quantitative estimate of drug-likeness (QED) is 0.791. The average molecular weight is 193 g/mol. The van der Waals surface area contributed by atoms with Gasteiger partial charge in [0.15, 0.2) is 0 Å². The molecule has 0 spiro atoms. The predicted molar refractivity (Wildman–Crippen MR) is 56.9 cm³/mol. The van der Waals surface area contributed by atoms with E-state index in [1.54, 1.807) is 0 Å². The van der Waals surface area contributed by atoms with Gasteiger partial charge >= 0.3 is 0 Å². The minimum Gasteiger partial charge on any atom is -0.307 e. The molecule has 0 radical (unpaired) electrons. The lowest BCUT2D eigenvalue weighted by molar-refractivity contribution is 0.502. The Morgan fingerprint density at radius 3 is 2.86 bits per heavy atom. The van der Waals surface area contributed by atoms with Crippen LogP contribution in [0.4, 0.5) is 0 Å². The molecule has 2 rings (SSSR count). The zero-order valence-corrected chi connectivity index (χ0v) is 9.20. The maximum Gasteiger partial charge on any atom is 0.0537 e. The zero-order valence-electron chi connectivity index (χ0n) is 9.20. The van der Waals surface area contributed by atoms with Crippen LogP contribution in [-0.2, 0) is 7.05 Å². The molecular weight excluding hydrogens is 174 g/mol. The van der Waals surface area contributed by atoms with E-state index in [1.165, 1.54) is 12.0 Å². The van der Waals surface area contributed by atoms with Gasteiger partial charge in [0.25, 0.3) is 0 Å². The smallest absolute Gasteiger partial charge is 0.0537 e. The molecule has 1 saturated carbocycles. The van der Waals surface area contributed by atoms with E-state index < -0.39 is 0 Å². The van der Waals surface area contributed by atoms with Crippen molar-refractivity contribution >= 4 is 0 Å². The van der Waals surface area contributed by atoms with Crippen molar-refractivity contribution in [3.05, 3.63) is 18.0 Å². The highest BCUT2D eigenvalue weighted by molar-refractivity contribution is 5.11. The molecule has 1 N–H and O–H groups in total. The molecule has 14 heavy (non-hydrogen) atoms. The molecule has 0 saturated heterocycles. The molecule has 1 aliphatic carbocycles. The van der Waals surface area contributed by atoms with E-state index in [0.717, 1.165) is 18.4 Å². The van der Waals surface area contributed by atoms with Gasteiger partial charge in [-0.3, -0.25) is 4.68 Å². The Bertz CT molecular complexity index is 305. The second kappa shape index (κ2) is 3.73. The summed E-state index contributed by atoms with van der Waals surface area (Å²) in [7, 11) is 1.97. The normalized spacial score (nSPS) is 27.6. The van der Waals surface area contributed by atoms with Crippen LogP contribution in [0.15, 0.2) is 12.4 Å². The average Bonchev–Trinajstić information content (AvgIpc) is 2.66. The lowest BCUT2D eigenvalue weighted by atomic mass is 10.1. The largest absolute Gasteiger partial charge is 0.307 e. The molecule has 1 aromatic rings. The van der Waals surface area contributed by atoms with Crippen LogP contribution < -0.4 is 5.32 Å². The molecule has 1 fully saturated rings. The Labute approximate surface area is 85.5 Å². The Kier molecular flexibility index (Phi) is 2.59. The Hall–Kier alpha value is -0.830. The number of aryl methyl sites for hydroxylation is 1. The van der Waals surface area contributed by atoms with Crippen molar-refractivity contribution in [1.82, 2.24) is 15.1 Å². The van der Waals surface area contributed by atoms with E-state index in [1.807, 2.05) is 17.9 Å². The second-order valence-electron chi connectivity index (χ2n) is 4.39. The first-order valence-corrected chi connectivity index (χ1v) is 5.45. The fourth-order valence-electron chi connectivity index (χ4n) is 1.88. The van der Waals surface area contributed by atoms with Crippen LogP contribution in [-0.4, -0.2) is 15.8 Å². The van der Waals surface area contributed by atoms with Gasteiger partial charge in [-0.15, -0.1) is 0 Å². The third kappa shape index (κ3) is 1.98. The number of hydrogen-bond donors (Lipinski definition) is 1. The third-order valence-electron chi connectivity index (χ3n) is 3.06. The van der Waals surface area contributed by atoms with E-state index in [-0.39, 0.29) is 0 Å². The Morgan fingerprint density at radius 1 is 1.71 bits per heavy atom. The number of hydrogen-bond acceptors (Lipinski definition) is 2. The molecule has 0 aliphatic heterocycles. The summed E-state index contributed by atoms with van der Waals surface area (Å²) < 4.78 is 1.87. The highest BCUT2D eigenvalue weighted by atomic mass is 15.2. The van der Waals surface area contributed by atoms with E-state index >= 15 is 0 Å². The minimum absolute atomic E-state index is 0.485. The predicted octanol–water partition coefficient (Wildman–Crippen LogP) is 1.87. The fraction of sp³-hybridized carbons (Fsp3) is 0.727. The lowest BCUT2D eigenvalue weighted by Crippen LogP contribution is -2.23. The summed E-state index contributed by atoms with van der Waals surface area (Å²) in [5.74, 6) is 0.862. The summed E-state index contributed by atoms with van der Waals surface area (Å²) in [6.45, 7) is 4.52. The SMILES string of the molecule is CCC(NC1CC1C)c1cnn(C)c1. The highest BCUT2D eigenvalue weighted by Gasteiger charge is 2.34. The maximum atomic E-state index is 4.21. The molecule has 0 aromatic carbocycles. The van der Waals surface area contributed by atoms with Crippen molar-refractivity contribution in [3.63, 3.8) is 0 Å². The van der Waals surface area contributed by atoms with Crippen molar-refractivity contribution in [3.8, 4) is 0 Å². The Morgan fingerprint density at radius 2 is 2.43 bits per heavy atom. The molecule has 1 heterocycles. The van der Waals surface area contributed by atoms with Crippen molar-refractivity contribution in [2.75, 3.05) is 0 Å². The number of aromatic nitrogens is 2. The molecule has 3 nitrogen and oxygen atoms in total. The molecule has 3 atom stereocenters. The molecule has 0 amide bonds. The van der Waals surface area contributed by atoms with Gasteiger partial charge in [0.05, 0.1) is 6.20 Å². The highest BCUT2D eigenvalue weighted by Crippen LogP contribution is 2.32. The van der Waals surface area contributed by atoms with E-state index in [2.05, 4.69) is 30.5 Å². The van der Waals surface area contributed by atoms with Gasteiger partial charge < -0.3 is 5.32 Å². The van der Waals surface area contributed by atoms with Crippen LogP contribution in [0.25, 0.3) is 0 Å². The summed E-state index contributed by atoms with van der Waals surface area (Å²) in [6, 6.07) is 1.22. The van der Waals surface area contributed by atoms with Crippen molar-refractivity contribution < 1.29 is 0 Å². The van der Waals surface area contributed by atoms with E-state index in [9.17, 15) is 0 Å². The van der Waals surface area contributed by atoms with Crippen molar-refractivity contribution in [2.24, 2.45) is 13.0 Å². The van der Waals surface area contributed by atoms with Gasteiger partial charge in [-0.1, -0.05) is 13.8 Å². The number of rotatable bonds is 4. The zero-order chi connectivity index (χ0) is 10.1. The van der Waals surface area contributed by atoms with Crippen LogP contribution in [0.3, 0.4) is 0 Å². The molecule has 3 heteroatoms. The second-order valence-corrected chi connectivity index (χ2v) is 4.39. The topological polar surface area (TPSA) is 29.9 Å². The summed E-state index contributed by atoms with van der Waals surface area (Å²) in [5, 5.41) is 7.88. The van der Waals surface area contributed by atoms with Crippen molar-refractivity contribution in [2.45, 2.75) is 38.8 Å². The fourth-order valence-corrected chi connectivity index (χ4v) is 1.88. The van der Waals surface area contributed by atoms with Crippen LogP contribution >= 0.6 is 0 Å². The Balaban J connectivity index is 1.98. The minimum atomic E-state index is 0.485. The summed E-state index contributed by atoms with van der Waals surface area (Å²) in [5.41, 5.74) is 1.31. The molecule has 1 aliphatic rings. The first-order chi connectivity index (χ1) is 6.70. The van der Waals surface area contributed by atoms with Gasteiger partial charge in [0.2, 0.25) is 0 Å². The molecule has 1 aromatic heterocycles. The maximum absolute atomic E-state index is 4.21. The first kappa shape index (κ1) is 9.71.